The first-order valence-corrected chi connectivity index (χ1v) is 9.09. The summed E-state index contributed by atoms with van der Waals surface area (Å²) in [4.78, 5) is 11.8. The summed E-state index contributed by atoms with van der Waals surface area (Å²) in [6, 6.07) is 4.38. The summed E-state index contributed by atoms with van der Waals surface area (Å²) in [5, 5.41) is 10.0. The van der Waals surface area contributed by atoms with E-state index >= 15 is 0 Å². The van der Waals surface area contributed by atoms with E-state index in [1.165, 1.54) is 12.1 Å². The van der Waals surface area contributed by atoms with E-state index in [1.54, 1.807) is 20.1 Å². The van der Waals surface area contributed by atoms with Gasteiger partial charge in [0.1, 0.15) is 0 Å². The molecule has 1 aromatic heterocycles. The van der Waals surface area contributed by atoms with Crippen LogP contribution in [0.15, 0.2) is 23.1 Å². The van der Waals surface area contributed by atoms with Crippen LogP contribution in [0.3, 0.4) is 0 Å². The van der Waals surface area contributed by atoms with Gasteiger partial charge in [0.05, 0.1) is 28.1 Å². The fraction of sp³-hybridized carbons (Fsp3) is 0.438. The average Bonchev–Trinajstić information content (AvgIpc) is 2.75. The Labute approximate surface area is 135 Å². The molecule has 23 heavy (non-hydrogen) atoms. The van der Waals surface area contributed by atoms with E-state index in [1.807, 2.05) is 18.4 Å². The molecule has 2 aromatic rings. The zero-order valence-electron chi connectivity index (χ0n) is 13.8. The van der Waals surface area contributed by atoms with Gasteiger partial charge in [-0.25, -0.2) is 13.2 Å². The number of carboxylic acid groups (broad SMARTS) is 1. The van der Waals surface area contributed by atoms with Gasteiger partial charge in [-0.05, 0) is 32.9 Å². The molecule has 2 atom stereocenters. The molecular formula is C16H21NO5S. The van der Waals surface area contributed by atoms with E-state index in [0.29, 0.717) is 16.6 Å². The predicted octanol–water partition coefficient (Wildman–Crippen LogP) is 2.65. The van der Waals surface area contributed by atoms with E-state index in [-0.39, 0.29) is 22.6 Å². The molecule has 126 valence electrons. The normalized spacial score (nSPS) is 14.8. The second-order valence-electron chi connectivity index (χ2n) is 5.77. The number of rotatable bonds is 5. The third kappa shape index (κ3) is 2.98. The summed E-state index contributed by atoms with van der Waals surface area (Å²) in [6.07, 6.45) is 0.973. The van der Waals surface area contributed by atoms with Crippen molar-refractivity contribution < 1.29 is 23.1 Å². The minimum absolute atomic E-state index is 0.148. The number of methoxy groups -OCH3 is 1. The van der Waals surface area contributed by atoms with Gasteiger partial charge in [0.2, 0.25) is 0 Å². The van der Waals surface area contributed by atoms with Crippen LogP contribution in [-0.2, 0) is 14.6 Å². The molecule has 7 heteroatoms. The van der Waals surface area contributed by atoms with Crippen molar-refractivity contribution in [3.05, 3.63) is 29.5 Å². The summed E-state index contributed by atoms with van der Waals surface area (Å²) >= 11 is 0. The Morgan fingerprint density at radius 1 is 1.30 bits per heavy atom. The van der Waals surface area contributed by atoms with Crippen molar-refractivity contribution in [1.82, 2.24) is 4.57 Å². The molecule has 1 N–H and O–H groups in total. The maximum atomic E-state index is 11.8. The molecule has 2 rings (SSSR count). The number of aromatic nitrogens is 1. The summed E-state index contributed by atoms with van der Waals surface area (Å²) in [7, 11) is -1.79. The van der Waals surface area contributed by atoms with Gasteiger partial charge in [0.25, 0.3) is 0 Å². The van der Waals surface area contributed by atoms with E-state index < -0.39 is 15.8 Å². The van der Waals surface area contributed by atoms with Gasteiger partial charge in [-0.2, -0.15) is 0 Å². The minimum Gasteiger partial charge on any atom is -0.478 e. The van der Waals surface area contributed by atoms with E-state index in [4.69, 9.17) is 4.74 Å². The van der Waals surface area contributed by atoms with Crippen LogP contribution in [0.4, 0.5) is 0 Å². The highest BCUT2D eigenvalue weighted by atomic mass is 32.2. The standard InChI is InChI=1S/C16H21NO5S/c1-9(11(3)22-4)17-10(2)15(16(18)19)13-7-6-12(8-14(13)17)23(5,20)21/h6-9,11H,1-5H3,(H,18,19). The van der Waals surface area contributed by atoms with Gasteiger partial charge < -0.3 is 14.4 Å². The molecule has 1 heterocycles. The molecule has 0 saturated heterocycles. The molecule has 0 fully saturated rings. The summed E-state index contributed by atoms with van der Waals surface area (Å²) in [5.41, 5.74) is 1.35. The number of sulfone groups is 1. The van der Waals surface area contributed by atoms with Crippen molar-refractivity contribution >= 4 is 26.7 Å². The van der Waals surface area contributed by atoms with Gasteiger partial charge >= 0.3 is 5.97 Å². The Hall–Kier alpha value is -1.86. The van der Waals surface area contributed by atoms with Crippen LogP contribution < -0.4 is 0 Å². The Morgan fingerprint density at radius 2 is 1.91 bits per heavy atom. The first-order valence-electron chi connectivity index (χ1n) is 7.20. The molecule has 0 bridgehead atoms. The Morgan fingerprint density at radius 3 is 2.39 bits per heavy atom. The quantitative estimate of drug-likeness (QED) is 0.905. The molecule has 0 amide bonds. The molecule has 0 saturated carbocycles. The average molecular weight is 339 g/mol. The number of carbonyl (C=O) groups is 1. The van der Waals surface area contributed by atoms with Crippen LogP contribution in [0.2, 0.25) is 0 Å². The lowest BCUT2D eigenvalue weighted by Gasteiger charge is -2.23. The molecule has 0 aliphatic rings. The fourth-order valence-corrected chi connectivity index (χ4v) is 3.49. The number of fused-ring (bicyclic) bond motifs is 1. The maximum absolute atomic E-state index is 11.8. The monoisotopic (exact) mass is 339 g/mol. The predicted molar refractivity (Wildman–Crippen MR) is 87.9 cm³/mol. The topological polar surface area (TPSA) is 85.6 Å². The second kappa shape index (κ2) is 5.98. The van der Waals surface area contributed by atoms with Crippen LogP contribution in [-0.4, -0.2) is 43.5 Å². The first-order chi connectivity index (χ1) is 10.6. The Bertz CT molecular complexity index is 866. The van der Waals surface area contributed by atoms with E-state index in [9.17, 15) is 18.3 Å². The van der Waals surface area contributed by atoms with Crippen LogP contribution in [0.1, 0.15) is 35.9 Å². The first kappa shape index (κ1) is 17.5. The Kier molecular flexibility index (Phi) is 4.54. The van der Waals surface area contributed by atoms with Gasteiger partial charge in [-0.15, -0.1) is 0 Å². The van der Waals surface area contributed by atoms with Crippen LogP contribution in [0, 0.1) is 6.92 Å². The number of carboxylic acids is 1. The van der Waals surface area contributed by atoms with Crippen molar-refractivity contribution in [3.8, 4) is 0 Å². The highest BCUT2D eigenvalue weighted by Gasteiger charge is 2.25. The van der Waals surface area contributed by atoms with Gasteiger partial charge in [-0.1, -0.05) is 6.07 Å². The number of nitrogens with zero attached hydrogens (tertiary/aromatic N) is 1. The number of hydrogen-bond acceptors (Lipinski definition) is 4. The molecule has 0 spiro atoms. The Balaban J connectivity index is 2.88. The fourth-order valence-electron chi connectivity index (χ4n) is 2.85. The summed E-state index contributed by atoms with van der Waals surface area (Å²) < 4.78 is 30.8. The van der Waals surface area contributed by atoms with Crippen molar-refractivity contribution in [2.45, 2.75) is 37.8 Å². The van der Waals surface area contributed by atoms with Gasteiger partial charge in [0, 0.05) is 24.4 Å². The summed E-state index contributed by atoms with van der Waals surface area (Å²) in [5.74, 6) is -1.03. The molecule has 0 aliphatic heterocycles. The van der Waals surface area contributed by atoms with Crippen molar-refractivity contribution in [2.24, 2.45) is 0 Å². The molecule has 0 aliphatic carbocycles. The lowest BCUT2D eigenvalue weighted by Crippen LogP contribution is -2.21. The number of benzene rings is 1. The lowest BCUT2D eigenvalue weighted by molar-refractivity contribution is 0.0692. The third-order valence-electron chi connectivity index (χ3n) is 4.32. The van der Waals surface area contributed by atoms with Gasteiger partial charge in [-0.3, -0.25) is 0 Å². The highest BCUT2D eigenvalue weighted by molar-refractivity contribution is 7.90. The SMILES string of the molecule is COC(C)C(C)n1c(C)c(C(=O)O)c2ccc(S(C)(=O)=O)cc21. The minimum atomic E-state index is -3.38. The number of aromatic carboxylic acids is 1. The van der Waals surface area contributed by atoms with Crippen molar-refractivity contribution in [1.29, 1.82) is 0 Å². The van der Waals surface area contributed by atoms with E-state index in [0.717, 1.165) is 6.26 Å². The highest BCUT2D eigenvalue weighted by Crippen LogP contribution is 2.32. The number of hydrogen-bond donors (Lipinski definition) is 1. The molecule has 0 radical (unpaired) electrons. The molecular weight excluding hydrogens is 318 g/mol. The van der Waals surface area contributed by atoms with Crippen molar-refractivity contribution in [2.75, 3.05) is 13.4 Å². The molecule has 6 nitrogen and oxygen atoms in total. The third-order valence-corrected chi connectivity index (χ3v) is 5.43. The van der Waals surface area contributed by atoms with Crippen LogP contribution in [0.25, 0.3) is 10.9 Å². The zero-order chi connectivity index (χ0) is 17.5. The van der Waals surface area contributed by atoms with Crippen molar-refractivity contribution in [3.63, 3.8) is 0 Å². The molecule has 2 unspecified atom stereocenters. The summed E-state index contributed by atoms with van der Waals surface area (Å²) in [6.45, 7) is 5.53. The molecule has 1 aromatic carbocycles. The second-order valence-corrected chi connectivity index (χ2v) is 7.78. The lowest BCUT2D eigenvalue weighted by atomic mass is 10.1. The number of ether oxygens (including phenoxy) is 1. The van der Waals surface area contributed by atoms with E-state index in [2.05, 4.69) is 0 Å². The largest absolute Gasteiger partial charge is 0.478 e. The zero-order valence-corrected chi connectivity index (χ0v) is 14.6. The smallest absolute Gasteiger partial charge is 0.338 e. The maximum Gasteiger partial charge on any atom is 0.338 e. The van der Waals surface area contributed by atoms with Gasteiger partial charge in [0.15, 0.2) is 9.84 Å². The van der Waals surface area contributed by atoms with Crippen LogP contribution >= 0.6 is 0 Å². The van der Waals surface area contributed by atoms with Crippen LogP contribution in [0.5, 0.6) is 0 Å².